The van der Waals surface area contributed by atoms with Crippen molar-refractivity contribution in [3.05, 3.63) is 50.9 Å². The molecule has 1 aromatic carbocycles. The Bertz CT molecular complexity index is 784. The molecule has 122 valence electrons. The molecule has 1 aromatic heterocycles. The topological polar surface area (TPSA) is 74.8 Å². The molecule has 5 nitrogen and oxygen atoms in total. The number of nitrogens with zero attached hydrogens (tertiary/aromatic N) is 1. The summed E-state index contributed by atoms with van der Waals surface area (Å²) in [4.78, 5) is 31.0. The maximum absolute atomic E-state index is 12.1. The molecule has 2 rings (SSSR count). The number of carbonyl (C=O) groups is 1. The lowest BCUT2D eigenvalue weighted by atomic mass is 10.1. The van der Waals surface area contributed by atoms with E-state index in [2.05, 4.69) is 15.3 Å². The van der Waals surface area contributed by atoms with E-state index < -0.39 is 0 Å². The lowest BCUT2D eigenvalue weighted by molar-refractivity contribution is -0.113. The average Bonchev–Trinajstić information content (AvgIpc) is 2.52. The highest BCUT2D eigenvalue weighted by molar-refractivity contribution is 7.99. The Labute approximate surface area is 139 Å². The summed E-state index contributed by atoms with van der Waals surface area (Å²) in [5.74, 6) is 0.0766. The van der Waals surface area contributed by atoms with E-state index in [-0.39, 0.29) is 17.2 Å². The number of H-pyrrole nitrogens is 1. The normalized spacial score (nSPS) is 10.6. The number of hydrogen-bond donors (Lipinski definition) is 2. The van der Waals surface area contributed by atoms with E-state index in [0.717, 1.165) is 22.5 Å². The van der Waals surface area contributed by atoms with Gasteiger partial charge in [-0.15, -0.1) is 0 Å². The third kappa shape index (κ3) is 4.45. The fraction of sp³-hybridized carbons (Fsp3) is 0.353. The summed E-state index contributed by atoms with van der Waals surface area (Å²) in [6.45, 7) is 7.65. The zero-order valence-electron chi connectivity index (χ0n) is 13.8. The maximum Gasteiger partial charge on any atom is 0.254 e. The van der Waals surface area contributed by atoms with Crippen LogP contribution in [0.4, 0.5) is 5.69 Å². The van der Waals surface area contributed by atoms with Gasteiger partial charge in [0.1, 0.15) is 0 Å². The minimum absolute atomic E-state index is 0.120. The minimum Gasteiger partial charge on any atom is -0.325 e. The van der Waals surface area contributed by atoms with E-state index in [4.69, 9.17) is 0 Å². The first-order chi connectivity index (χ1) is 10.9. The molecule has 0 aliphatic rings. The van der Waals surface area contributed by atoms with Crippen molar-refractivity contribution < 1.29 is 4.79 Å². The summed E-state index contributed by atoms with van der Waals surface area (Å²) in [7, 11) is 0. The highest BCUT2D eigenvalue weighted by Gasteiger charge is 2.10. The Morgan fingerprint density at radius 2 is 2.04 bits per heavy atom. The van der Waals surface area contributed by atoms with Crippen LogP contribution in [0.25, 0.3) is 0 Å². The maximum atomic E-state index is 12.1. The van der Waals surface area contributed by atoms with Gasteiger partial charge in [-0.05, 0) is 44.4 Å². The molecule has 0 aliphatic carbocycles. The molecule has 6 heteroatoms. The lowest BCUT2D eigenvalue weighted by Gasteiger charge is -2.09. The highest BCUT2D eigenvalue weighted by atomic mass is 32.2. The van der Waals surface area contributed by atoms with Crippen molar-refractivity contribution in [1.82, 2.24) is 9.97 Å². The molecule has 0 spiro atoms. The molecule has 0 unspecified atom stereocenters. The van der Waals surface area contributed by atoms with Crippen molar-refractivity contribution in [2.75, 3.05) is 11.1 Å². The van der Waals surface area contributed by atoms with Crippen LogP contribution in [0, 0.1) is 20.8 Å². The molecule has 0 fully saturated rings. The van der Waals surface area contributed by atoms with Gasteiger partial charge in [-0.25, -0.2) is 4.98 Å². The first-order valence-electron chi connectivity index (χ1n) is 7.50. The van der Waals surface area contributed by atoms with Crippen LogP contribution in [0.3, 0.4) is 0 Å². The van der Waals surface area contributed by atoms with E-state index in [1.807, 2.05) is 39.0 Å². The molecule has 0 bridgehead atoms. The lowest BCUT2D eigenvalue weighted by Crippen LogP contribution is -2.18. The number of carbonyl (C=O) groups excluding carboxylic acids is 1. The predicted molar refractivity (Wildman–Crippen MR) is 94.2 cm³/mol. The number of thioether (sulfide) groups is 1. The molecule has 2 N–H and O–H groups in total. The van der Waals surface area contributed by atoms with Crippen molar-refractivity contribution in [1.29, 1.82) is 0 Å². The molecule has 1 amide bonds. The molecule has 2 aromatic rings. The van der Waals surface area contributed by atoms with Gasteiger partial charge in [-0.2, -0.15) is 0 Å². The Morgan fingerprint density at radius 1 is 1.30 bits per heavy atom. The quantitative estimate of drug-likeness (QED) is 0.652. The fourth-order valence-corrected chi connectivity index (χ4v) is 2.84. The van der Waals surface area contributed by atoms with Crippen LogP contribution in [-0.2, 0) is 11.2 Å². The summed E-state index contributed by atoms with van der Waals surface area (Å²) in [6, 6.07) is 5.93. The Morgan fingerprint density at radius 3 is 2.74 bits per heavy atom. The fourth-order valence-electron chi connectivity index (χ4n) is 2.16. The van der Waals surface area contributed by atoms with Crippen LogP contribution in [0.1, 0.15) is 29.3 Å². The summed E-state index contributed by atoms with van der Waals surface area (Å²) in [5.41, 5.74) is 4.19. The molecule has 1 heterocycles. The van der Waals surface area contributed by atoms with Gasteiger partial charge in [0.25, 0.3) is 5.56 Å². The first kappa shape index (κ1) is 17.3. The van der Waals surface area contributed by atoms with Crippen molar-refractivity contribution in [2.24, 2.45) is 0 Å². The molecular formula is C17H21N3O2S. The number of hydrogen-bond acceptors (Lipinski definition) is 4. The van der Waals surface area contributed by atoms with E-state index in [0.29, 0.717) is 17.1 Å². The Balaban J connectivity index is 2.03. The summed E-state index contributed by atoms with van der Waals surface area (Å²) in [5, 5.41) is 3.38. The first-order valence-corrected chi connectivity index (χ1v) is 8.49. The second kappa shape index (κ2) is 7.46. The molecular weight excluding hydrogens is 310 g/mol. The third-order valence-electron chi connectivity index (χ3n) is 3.57. The summed E-state index contributed by atoms with van der Waals surface area (Å²) >= 11 is 1.23. The predicted octanol–water partition coefficient (Wildman–Crippen LogP) is 2.99. The number of anilines is 1. The molecule has 0 saturated carbocycles. The van der Waals surface area contributed by atoms with Gasteiger partial charge < -0.3 is 10.3 Å². The second-order valence-corrected chi connectivity index (χ2v) is 6.42. The van der Waals surface area contributed by atoms with Crippen LogP contribution in [-0.4, -0.2) is 21.6 Å². The smallest absolute Gasteiger partial charge is 0.254 e. The number of aromatic amines is 1. The SMILES string of the molecule is CCc1nc(SCC(=O)Nc2cc(C)ccc2C)[nH]c(=O)c1C. The average molecular weight is 331 g/mol. The molecule has 23 heavy (non-hydrogen) atoms. The van der Waals surface area contributed by atoms with Gasteiger partial charge in [-0.1, -0.05) is 30.8 Å². The van der Waals surface area contributed by atoms with Gasteiger partial charge in [-0.3, -0.25) is 9.59 Å². The summed E-state index contributed by atoms with van der Waals surface area (Å²) in [6.07, 6.45) is 0.692. The van der Waals surface area contributed by atoms with Crippen molar-refractivity contribution in [3.63, 3.8) is 0 Å². The third-order valence-corrected chi connectivity index (χ3v) is 4.45. The van der Waals surface area contributed by atoms with Gasteiger partial charge in [0.15, 0.2) is 5.16 Å². The van der Waals surface area contributed by atoms with Crippen LogP contribution in [0.2, 0.25) is 0 Å². The van der Waals surface area contributed by atoms with Gasteiger partial charge in [0, 0.05) is 11.3 Å². The van der Waals surface area contributed by atoms with Crippen molar-refractivity contribution >= 4 is 23.4 Å². The van der Waals surface area contributed by atoms with E-state index >= 15 is 0 Å². The summed E-state index contributed by atoms with van der Waals surface area (Å²) < 4.78 is 0. The van der Waals surface area contributed by atoms with Gasteiger partial charge in [0.2, 0.25) is 5.91 Å². The van der Waals surface area contributed by atoms with E-state index in [1.54, 1.807) is 6.92 Å². The monoisotopic (exact) mass is 331 g/mol. The molecule has 0 atom stereocenters. The highest BCUT2D eigenvalue weighted by Crippen LogP contribution is 2.18. The number of benzene rings is 1. The van der Waals surface area contributed by atoms with Gasteiger partial charge >= 0.3 is 0 Å². The van der Waals surface area contributed by atoms with Crippen LogP contribution >= 0.6 is 11.8 Å². The largest absolute Gasteiger partial charge is 0.325 e. The van der Waals surface area contributed by atoms with Crippen LogP contribution < -0.4 is 10.9 Å². The Kier molecular flexibility index (Phi) is 5.60. The number of nitrogens with one attached hydrogen (secondary N) is 2. The minimum atomic E-state index is -0.144. The number of aryl methyl sites for hydroxylation is 3. The standard InChI is InChI=1S/C17H21N3O2S/c1-5-13-12(4)16(22)20-17(19-13)23-9-15(21)18-14-8-10(2)6-7-11(14)3/h6-8H,5,9H2,1-4H3,(H,18,21)(H,19,20,22). The van der Waals surface area contributed by atoms with Crippen LogP contribution in [0.15, 0.2) is 28.2 Å². The molecule has 0 aliphatic heterocycles. The van der Waals surface area contributed by atoms with E-state index in [9.17, 15) is 9.59 Å². The number of rotatable bonds is 5. The number of amides is 1. The second-order valence-electron chi connectivity index (χ2n) is 5.45. The van der Waals surface area contributed by atoms with Crippen molar-refractivity contribution in [2.45, 2.75) is 39.3 Å². The van der Waals surface area contributed by atoms with E-state index in [1.165, 1.54) is 11.8 Å². The van der Waals surface area contributed by atoms with Gasteiger partial charge in [0.05, 0.1) is 11.4 Å². The Hall–Kier alpha value is -2.08. The number of aromatic nitrogens is 2. The van der Waals surface area contributed by atoms with Crippen LogP contribution in [0.5, 0.6) is 0 Å². The van der Waals surface area contributed by atoms with Crippen molar-refractivity contribution in [3.8, 4) is 0 Å². The molecule has 0 saturated heterocycles. The zero-order chi connectivity index (χ0) is 17.0. The zero-order valence-corrected chi connectivity index (χ0v) is 14.6. The molecule has 0 radical (unpaired) electrons.